The lowest BCUT2D eigenvalue weighted by molar-refractivity contribution is 0.111. The van der Waals surface area contributed by atoms with Crippen LogP contribution in [-0.4, -0.2) is 21.3 Å². The topological polar surface area (TPSA) is 47.8 Å². The van der Waals surface area contributed by atoms with Gasteiger partial charge in [-0.2, -0.15) is 0 Å². The van der Waals surface area contributed by atoms with Gasteiger partial charge in [-0.1, -0.05) is 5.21 Å². The third-order valence-electron chi connectivity index (χ3n) is 2.60. The average molecular weight is 193 g/mol. The number of carbonyl (C=O) groups is 1. The first-order valence-electron chi connectivity index (χ1n) is 5.11. The van der Waals surface area contributed by atoms with Crippen LogP contribution < -0.4 is 0 Å². The molecule has 1 fully saturated rings. The van der Waals surface area contributed by atoms with Gasteiger partial charge < -0.3 is 0 Å². The van der Waals surface area contributed by atoms with Crippen molar-refractivity contribution >= 4 is 6.29 Å². The van der Waals surface area contributed by atoms with Crippen molar-refractivity contribution in [2.24, 2.45) is 5.92 Å². The van der Waals surface area contributed by atoms with E-state index in [0.29, 0.717) is 5.69 Å². The van der Waals surface area contributed by atoms with Crippen LogP contribution in [0.5, 0.6) is 0 Å². The van der Waals surface area contributed by atoms with Crippen LogP contribution in [0, 0.1) is 5.92 Å². The number of hydrogen-bond acceptors (Lipinski definition) is 3. The van der Waals surface area contributed by atoms with Crippen molar-refractivity contribution in [1.82, 2.24) is 15.0 Å². The molecule has 2 rings (SSSR count). The van der Waals surface area contributed by atoms with Gasteiger partial charge in [-0.05, 0) is 39.0 Å². The molecule has 76 valence electrons. The lowest BCUT2D eigenvalue weighted by atomic mass is 10.2. The van der Waals surface area contributed by atoms with Gasteiger partial charge in [0.25, 0.3) is 0 Å². The van der Waals surface area contributed by atoms with Crippen molar-refractivity contribution in [3.05, 3.63) is 11.4 Å². The molecule has 0 bridgehead atoms. The van der Waals surface area contributed by atoms with Crippen LogP contribution in [0.1, 0.15) is 48.9 Å². The summed E-state index contributed by atoms with van der Waals surface area (Å²) in [6.07, 6.45) is 4.33. The molecule has 0 unspecified atom stereocenters. The van der Waals surface area contributed by atoms with Crippen LogP contribution in [0.3, 0.4) is 0 Å². The lowest BCUT2D eigenvalue weighted by Gasteiger charge is -2.08. The van der Waals surface area contributed by atoms with Crippen LogP contribution in [0.2, 0.25) is 0 Å². The van der Waals surface area contributed by atoms with Crippen LogP contribution in [0.15, 0.2) is 0 Å². The van der Waals surface area contributed by atoms with Crippen molar-refractivity contribution < 1.29 is 4.79 Å². The molecule has 1 aromatic rings. The highest BCUT2D eigenvalue weighted by Gasteiger charge is 2.26. The van der Waals surface area contributed by atoms with Gasteiger partial charge >= 0.3 is 0 Å². The molecule has 1 aromatic heterocycles. The number of rotatable bonds is 4. The van der Waals surface area contributed by atoms with Gasteiger partial charge in [0, 0.05) is 6.04 Å². The smallest absolute Gasteiger partial charge is 0.172 e. The van der Waals surface area contributed by atoms with Crippen LogP contribution in [-0.2, 0) is 6.42 Å². The molecule has 4 nitrogen and oxygen atoms in total. The Morgan fingerprint density at radius 2 is 2.29 bits per heavy atom. The standard InChI is InChI=1S/C10H15N3O/c1-7(2)13-10(5-8-3-4-8)9(6-14)11-12-13/h6-8H,3-5H2,1-2H3. The molecule has 0 spiro atoms. The Morgan fingerprint density at radius 1 is 1.57 bits per heavy atom. The summed E-state index contributed by atoms with van der Waals surface area (Å²) in [6.45, 7) is 4.11. The summed E-state index contributed by atoms with van der Waals surface area (Å²) >= 11 is 0. The molecule has 0 amide bonds. The molecule has 1 aliphatic rings. The van der Waals surface area contributed by atoms with Gasteiger partial charge in [0.05, 0.1) is 5.69 Å². The van der Waals surface area contributed by atoms with Crippen molar-refractivity contribution in [1.29, 1.82) is 0 Å². The molecule has 1 aliphatic carbocycles. The fourth-order valence-electron chi connectivity index (χ4n) is 1.63. The maximum absolute atomic E-state index is 10.7. The van der Waals surface area contributed by atoms with E-state index >= 15 is 0 Å². The van der Waals surface area contributed by atoms with Gasteiger partial charge in [0.2, 0.25) is 0 Å². The molecule has 1 saturated carbocycles. The highest BCUT2D eigenvalue weighted by molar-refractivity contribution is 5.73. The lowest BCUT2D eigenvalue weighted by Crippen LogP contribution is -2.09. The minimum absolute atomic E-state index is 0.282. The zero-order valence-electron chi connectivity index (χ0n) is 8.60. The van der Waals surface area contributed by atoms with E-state index in [1.807, 2.05) is 4.68 Å². The summed E-state index contributed by atoms with van der Waals surface area (Å²) in [5.41, 5.74) is 1.53. The normalized spacial score (nSPS) is 16.2. The molecular weight excluding hydrogens is 178 g/mol. The zero-order valence-corrected chi connectivity index (χ0v) is 8.60. The van der Waals surface area contributed by atoms with E-state index in [0.717, 1.165) is 24.3 Å². The molecule has 0 radical (unpaired) electrons. The summed E-state index contributed by atoms with van der Waals surface area (Å²) in [5.74, 6) is 0.754. The molecule has 4 heteroatoms. The van der Waals surface area contributed by atoms with E-state index in [4.69, 9.17) is 0 Å². The molecule has 0 atom stereocenters. The predicted molar refractivity (Wildman–Crippen MR) is 52.2 cm³/mol. The number of nitrogens with zero attached hydrogens (tertiary/aromatic N) is 3. The first kappa shape index (κ1) is 9.37. The van der Waals surface area contributed by atoms with E-state index in [-0.39, 0.29) is 6.04 Å². The largest absolute Gasteiger partial charge is 0.296 e. The third kappa shape index (κ3) is 1.69. The van der Waals surface area contributed by atoms with Gasteiger partial charge in [0.1, 0.15) is 5.69 Å². The quantitative estimate of drug-likeness (QED) is 0.683. The number of carbonyl (C=O) groups excluding carboxylic acids is 1. The third-order valence-corrected chi connectivity index (χ3v) is 2.60. The van der Waals surface area contributed by atoms with Crippen molar-refractivity contribution in [2.45, 2.75) is 39.2 Å². The van der Waals surface area contributed by atoms with E-state index < -0.39 is 0 Å². The Morgan fingerprint density at radius 3 is 2.79 bits per heavy atom. The minimum atomic E-state index is 0.282. The second-order valence-corrected chi connectivity index (χ2v) is 4.23. The molecular formula is C10H15N3O. The summed E-state index contributed by atoms with van der Waals surface area (Å²) in [6, 6.07) is 0.282. The van der Waals surface area contributed by atoms with Gasteiger partial charge in [0.15, 0.2) is 6.29 Å². The van der Waals surface area contributed by atoms with E-state index in [9.17, 15) is 4.79 Å². The Hall–Kier alpha value is -1.19. The molecule has 0 N–H and O–H groups in total. The van der Waals surface area contributed by atoms with Crippen molar-refractivity contribution in [3.63, 3.8) is 0 Å². The zero-order chi connectivity index (χ0) is 10.1. The molecule has 0 saturated heterocycles. The Kier molecular flexibility index (Phi) is 2.35. The fourth-order valence-corrected chi connectivity index (χ4v) is 1.63. The molecule has 0 aliphatic heterocycles. The summed E-state index contributed by atoms with van der Waals surface area (Å²) in [7, 11) is 0. The monoisotopic (exact) mass is 193 g/mol. The second-order valence-electron chi connectivity index (χ2n) is 4.23. The predicted octanol–water partition coefficient (Wildman–Crippen LogP) is 1.62. The summed E-state index contributed by atoms with van der Waals surface area (Å²) < 4.78 is 1.86. The van der Waals surface area contributed by atoms with Crippen LogP contribution in [0.25, 0.3) is 0 Å². The highest BCUT2D eigenvalue weighted by Crippen LogP contribution is 2.33. The van der Waals surface area contributed by atoms with Crippen LogP contribution in [0.4, 0.5) is 0 Å². The fraction of sp³-hybridized carbons (Fsp3) is 0.700. The Labute approximate surface area is 83.3 Å². The van der Waals surface area contributed by atoms with E-state index in [1.54, 1.807) is 0 Å². The molecule has 0 aromatic carbocycles. The first-order chi connectivity index (χ1) is 6.72. The summed E-state index contributed by atoms with van der Waals surface area (Å²) in [5, 5.41) is 7.88. The first-order valence-corrected chi connectivity index (χ1v) is 5.11. The van der Waals surface area contributed by atoms with Crippen molar-refractivity contribution in [2.75, 3.05) is 0 Å². The molecule has 14 heavy (non-hydrogen) atoms. The summed E-state index contributed by atoms with van der Waals surface area (Å²) in [4.78, 5) is 10.7. The van der Waals surface area contributed by atoms with Gasteiger partial charge in [-0.15, -0.1) is 5.10 Å². The van der Waals surface area contributed by atoms with Crippen LogP contribution >= 0.6 is 0 Å². The Balaban J connectivity index is 2.29. The van der Waals surface area contributed by atoms with Crippen molar-refractivity contribution in [3.8, 4) is 0 Å². The van der Waals surface area contributed by atoms with E-state index in [2.05, 4.69) is 24.2 Å². The number of aromatic nitrogens is 3. The minimum Gasteiger partial charge on any atom is -0.296 e. The highest BCUT2D eigenvalue weighted by atomic mass is 16.1. The second kappa shape index (κ2) is 3.52. The average Bonchev–Trinajstić information content (AvgIpc) is 2.84. The maximum Gasteiger partial charge on any atom is 0.172 e. The van der Waals surface area contributed by atoms with Gasteiger partial charge in [-0.3, -0.25) is 4.79 Å². The number of aldehydes is 1. The van der Waals surface area contributed by atoms with Gasteiger partial charge in [-0.25, -0.2) is 4.68 Å². The SMILES string of the molecule is CC(C)n1nnc(C=O)c1CC1CC1. The Bertz CT molecular complexity index is 339. The van der Waals surface area contributed by atoms with E-state index in [1.165, 1.54) is 12.8 Å². The molecule has 1 heterocycles. The number of hydrogen-bond donors (Lipinski definition) is 0. The maximum atomic E-state index is 10.7.